The summed E-state index contributed by atoms with van der Waals surface area (Å²) in [4.78, 5) is 31.9. The molecule has 1 heterocycles. The zero-order chi connectivity index (χ0) is 27.4. The minimum absolute atomic E-state index is 0.0429. The summed E-state index contributed by atoms with van der Waals surface area (Å²) in [5.74, 6) is 0.796. The SMILES string of the molecule is COC(=O)C=Cc1cccc(N(Cc2ccc(-c3ccc4nc(C)n(C)c4c3)cc2)C(=O)C2CCCCC2)c1. The lowest BCUT2D eigenvalue weighted by Crippen LogP contribution is -2.36. The van der Waals surface area contributed by atoms with Gasteiger partial charge in [-0.25, -0.2) is 9.78 Å². The number of nitrogens with zero attached hydrogens (tertiary/aromatic N) is 3. The number of esters is 1. The van der Waals surface area contributed by atoms with Gasteiger partial charge >= 0.3 is 5.97 Å². The van der Waals surface area contributed by atoms with Crippen molar-refractivity contribution < 1.29 is 14.3 Å². The van der Waals surface area contributed by atoms with Crippen LogP contribution in [0.4, 0.5) is 5.69 Å². The Morgan fingerprint density at radius 3 is 2.49 bits per heavy atom. The first kappa shape index (κ1) is 26.4. The van der Waals surface area contributed by atoms with Crippen LogP contribution in [0, 0.1) is 12.8 Å². The molecule has 0 spiro atoms. The Balaban J connectivity index is 1.42. The third-order valence-corrected chi connectivity index (χ3v) is 7.75. The smallest absolute Gasteiger partial charge is 0.330 e. The number of hydrogen-bond acceptors (Lipinski definition) is 4. The van der Waals surface area contributed by atoms with E-state index in [0.29, 0.717) is 6.54 Å². The van der Waals surface area contributed by atoms with E-state index in [0.717, 1.165) is 70.5 Å². The first-order chi connectivity index (χ1) is 18.9. The van der Waals surface area contributed by atoms with Gasteiger partial charge in [-0.05, 0) is 72.4 Å². The molecule has 0 N–H and O–H groups in total. The normalized spacial score (nSPS) is 14.1. The van der Waals surface area contributed by atoms with Crippen molar-refractivity contribution in [2.45, 2.75) is 45.6 Å². The number of amides is 1. The molecule has 4 aromatic rings. The van der Waals surface area contributed by atoms with E-state index in [4.69, 9.17) is 4.74 Å². The average Bonchev–Trinajstić information content (AvgIpc) is 3.27. The minimum atomic E-state index is -0.409. The molecule has 1 fully saturated rings. The van der Waals surface area contributed by atoms with Crippen LogP contribution in [0.2, 0.25) is 0 Å². The highest BCUT2D eigenvalue weighted by Gasteiger charge is 2.27. The number of aromatic nitrogens is 2. The Kier molecular flexibility index (Phi) is 7.92. The number of fused-ring (bicyclic) bond motifs is 1. The molecule has 6 heteroatoms. The largest absolute Gasteiger partial charge is 0.466 e. The Hall–Kier alpha value is -4.19. The zero-order valence-electron chi connectivity index (χ0n) is 22.9. The highest BCUT2D eigenvalue weighted by Crippen LogP contribution is 2.30. The maximum absolute atomic E-state index is 13.8. The van der Waals surface area contributed by atoms with E-state index in [2.05, 4.69) is 52.0 Å². The van der Waals surface area contributed by atoms with Crippen molar-refractivity contribution in [2.75, 3.05) is 12.0 Å². The average molecular weight is 522 g/mol. The number of carbonyl (C=O) groups is 2. The summed E-state index contributed by atoms with van der Waals surface area (Å²) in [5, 5.41) is 0. The van der Waals surface area contributed by atoms with Crippen LogP contribution < -0.4 is 4.90 Å². The van der Waals surface area contributed by atoms with Crippen LogP contribution in [0.5, 0.6) is 0 Å². The molecule has 0 radical (unpaired) electrons. The van der Waals surface area contributed by atoms with Gasteiger partial charge in [0.1, 0.15) is 5.82 Å². The molecule has 0 atom stereocenters. The topological polar surface area (TPSA) is 64.4 Å². The predicted molar refractivity (Wildman–Crippen MR) is 156 cm³/mol. The van der Waals surface area contributed by atoms with E-state index >= 15 is 0 Å². The van der Waals surface area contributed by atoms with Crippen molar-refractivity contribution in [3.05, 3.63) is 89.8 Å². The summed E-state index contributed by atoms with van der Waals surface area (Å²) in [6.07, 6.45) is 8.38. The number of ether oxygens (including phenoxy) is 1. The maximum atomic E-state index is 13.8. The van der Waals surface area contributed by atoms with Crippen LogP contribution in [0.3, 0.4) is 0 Å². The highest BCUT2D eigenvalue weighted by molar-refractivity contribution is 5.95. The lowest BCUT2D eigenvalue weighted by Gasteiger charge is -2.30. The number of aryl methyl sites for hydroxylation is 2. The quantitative estimate of drug-likeness (QED) is 0.197. The molecule has 1 amide bonds. The maximum Gasteiger partial charge on any atom is 0.330 e. The Labute approximate surface area is 229 Å². The van der Waals surface area contributed by atoms with Gasteiger partial charge in [-0.1, -0.05) is 61.7 Å². The number of benzene rings is 3. The van der Waals surface area contributed by atoms with Gasteiger partial charge < -0.3 is 14.2 Å². The van der Waals surface area contributed by atoms with Gasteiger partial charge in [0.15, 0.2) is 0 Å². The van der Waals surface area contributed by atoms with Crippen molar-refractivity contribution in [1.82, 2.24) is 9.55 Å². The number of methoxy groups -OCH3 is 1. The summed E-state index contributed by atoms with van der Waals surface area (Å²) < 4.78 is 6.83. The van der Waals surface area contributed by atoms with Gasteiger partial charge in [-0.2, -0.15) is 0 Å². The van der Waals surface area contributed by atoms with Crippen LogP contribution in [0.25, 0.3) is 28.2 Å². The second kappa shape index (κ2) is 11.7. The molecule has 0 bridgehead atoms. The summed E-state index contributed by atoms with van der Waals surface area (Å²) in [7, 11) is 3.40. The van der Waals surface area contributed by atoms with Crippen LogP contribution in [0.15, 0.2) is 72.8 Å². The van der Waals surface area contributed by atoms with E-state index < -0.39 is 5.97 Å². The summed E-state index contributed by atoms with van der Waals surface area (Å²) in [6.45, 7) is 2.50. The Bertz CT molecular complexity index is 1510. The van der Waals surface area contributed by atoms with Crippen molar-refractivity contribution in [3.63, 3.8) is 0 Å². The fourth-order valence-corrected chi connectivity index (χ4v) is 5.37. The van der Waals surface area contributed by atoms with Gasteiger partial charge in [-0.15, -0.1) is 0 Å². The van der Waals surface area contributed by atoms with Crippen molar-refractivity contribution in [3.8, 4) is 11.1 Å². The number of imidazole rings is 1. The molecule has 0 saturated heterocycles. The van der Waals surface area contributed by atoms with Crippen LogP contribution in [-0.4, -0.2) is 28.5 Å². The number of anilines is 1. The molecule has 200 valence electrons. The first-order valence-corrected chi connectivity index (χ1v) is 13.6. The molecular formula is C33H35N3O3. The van der Waals surface area contributed by atoms with Gasteiger partial charge in [-0.3, -0.25) is 4.79 Å². The monoisotopic (exact) mass is 521 g/mol. The molecule has 3 aromatic carbocycles. The third kappa shape index (κ3) is 5.95. The lowest BCUT2D eigenvalue weighted by atomic mass is 9.88. The molecule has 0 unspecified atom stereocenters. The van der Waals surface area contributed by atoms with Crippen molar-refractivity contribution in [2.24, 2.45) is 13.0 Å². The zero-order valence-corrected chi connectivity index (χ0v) is 22.9. The lowest BCUT2D eigenvalue weighted by molar-refractivity contribution is -0.134. The van der Waals surface area contributed by atoms with E-state index in [9.17, 15) is 9.59 Å². The van der Waals surface area contributed by atoms with Gasteiger partial charge in [0.25, 0.3) is 0 Å². The molecule has 1 saturated carbocycles. The predicted octanol–water partition coefficient (Wildman–Crippen LogP) is 6.85. The molecule has 1 aliphatic carbocycles. The van der Waals surface area contributed by atoms with E-state index in [1.54, 1.807) is 6.08 Å². The number of rotatable bonds is 7. The number of hydrogen-bond donors (Lipinski definition) is 0. The molecule has 1 aromatic heterocycles. The molecule has 5 rings (SSSR count). The fourth-order valence-electron chi connectivity index (χ4n) is 5.37. The van der Waals surface area contributed by atoms with Gasteiger partial charge in [0.2, 0.25) is 5.91 Å². The fraction of sp³-hybridized carbons (Fsp3) is 0.303. The molecular weight excluding hydrogens is 486 g/mol. The van der Waals surface area contributed by atoms with Crippen molar-refractivity contribution in [1.29, 1.82) is 0 Å². The number of carbonyl (C=O) groups excluding carboxylic acids is 2. The second-order valence-corrected chi connectivity index (χ2v) is 10.3. The van der Waals surface area contributed by atoms with Crippen molar-refractivity contribution >= 4 is 34.7 Å². The standard InChI is InChI=1S/C33H35N3O3/c1-23-34-30-18-17-28(21-31(30)35(23)2)26-15-12-25(13-16-26)22-36(33(38)27-9-5-4-6-10-27)29-11-7-8-24(20-29)14-19-32(37)39-3/h7-8,11-21,27H,4-6,9-10,22H2,1-3H3. The Morgan fingerprint density at radius 1 is 1.00 bits per heavy atom. The van der Waals surface area contributed by atoms with E-state index in [-0.39, 0.29) is 11.8 Å². The third-order valence-electron chi connectivity index (χ3n) is 7.75. The van der Waals surface area contributed by atoms with E-state index in [1.807, 2.05) is 43.1 Å². The second-order valence-electron chi connectivity index (χ2n) is 10.3. The molecule has 0 aliphatic heterocycles. The minimum Gasteiger partial charge on any atom is -0.466 e. The summed E-state index contributed by atoms with van der Waals surface area (Å²) in [6, 6.07) is 22.6. The summed E-state index contributed by atoms with van der Waals surface area (Å²) in [5.41, 5.74) is 7.11. The molecule has 1 aliphatic rings. The van der Waals surface area contributed by atoms with Crippen LogP contribution >= 0.6 is 0 Å². The van der Waals surface area contributed by atoms with Crippen LogP contribution in [-0.2, 0) is 27.9 Å². The first-order valence-electron chi connectivity index (χ1n) is 13.6. The van der Waals surface area contributed by atoms with Gasteiger partial charge in [0.05, 0.1) is 24.7 Å². The molecule has 39 heavy (non-hydrogen) atoms. The molecule has 6 nitrogen and oxygen atoms in total. The van der Waals surface area contributed by atoms with Crippen LogP contribution in [0.1, 0.15) is 49.1 Å². The Morgan fingerprint density at radius 2 is 1.74 bits per heavy atom. The van der Waals surface area contributed by atoms with E-state index in [1.165, 1.54) is 19.6 Å². The van der Waals surface area contributed by atoms with Gasteiger partial charge in [0, 0.05) is 24.7 Å². The highest BCUT2D eigenvalue weighted by atomic mass is 16.5. The summed E-state index contributed by atoms with van der Waals surface area (Å²) >= 11 is 0.